The maximum Gasteiger partial charge on any atom is 0.0726 e. The predicted octanol–water partition coefficient (Wildman–Crippen LogP) is 3.11. The Balaban J connectivity index is 1.46. The zero-order chi connectivity index (χ0) is 11.7. The molecule has 1 N–H and O–H groups in total. The molecule has 98 valence electrons. The second kappa shape index (κ2) is 5.27. The Bertz CT molecular complexity index is 245. The van der Waals surface area contributed by atoms with Crippen molar-refractivity contribution in [2.75, 3.05) is 6.61 Å². The molecule has 2 aliphatic carbocycles. The Hall–Kier alpha value is -0.0800. The molecule has 0 aromatic carbocycles. The van der Waals surface area contributed by atoms with E-state index in [2.05, 4.69) is 12.2 Å². The molecule has 4 atom stereocenters. The summed E-state index contributed by atoms with van der Waals surface area (Å²) in [6.07, 6.45) is 11.8. The van der Waals surface area contributed by atoms with Gasteiger partial charge in [0.25, 0.3) is 0 Å². The van der Waals surface area contributed by atoms with Crippen LogP contribution in [0.15, 0.2) is 0 Å². The van der Waals surface area contributed by atoms with Crippen molar-refractivity contribution < 1.29 is 4.74 Å². The molecule has 0 aromatic rings. The lowest BCUT2D eigenvalue weighted by Gasteiger charge is -2.33. The Morgan fingerprint density at radius 3 is 2.59 bits per heavy atom. The van der Waals surface area contributed by atoms with E-state index in [9.17, 15) is 0 Å². The smallest absolute Gasteiger partial charge is 0.0726 e. The SMILES string of the molecule is CC(NC1CCCC(C2CC2)C1)C1CCCO1. The summed E-state index contributed by atoms with van der Waals surface area (Å²) in [5.74, 6) is 2.13. The first-order chi connectivity index (χ1) is 8.33. The summed E-state index contributed by atoms with van der Waals surface area (Å²) in [6.45, 7) is 3.29. The third-order valence-electron chi connectivity index (χ3n) is 5.02. The summed E-state index contributed by atoms with van der Waals surface area (Å²) in [6, 6.07) is 1.33. The summed E-state index contributed by atoms with van der Waals surface area (Å²) in [5.41, 5.74) is 0. The highest BCUT2D eigenvalue weighted by Crippen LogP contribution is 2.44. The van der Waals surface area contributed by atoms with Crippen molar-refractivity contribution in [2.24, 2.45) is 11.8 Å². The van der Waals surface area contributed by atoms with Crippen LogP contribution >= 0.6 is 0 Å². The third kappa shape index (κ3) is 3.03. The Morgan fingerprint density at radius 2 is 1.88 bits per heavy atom. The maximum atomic E-state index is 5.78. The van der Waals surface area contributed by atoms with Crippen molar-refractivity contribution in [3.8, 4) is 0 Å². The van der Waals surface area contributed by atoms with Crippen LogP contribution in [0.2, 0.25) is 0 Å². The fraction of sp³-hybridized carbons (Fsp3) is 1.00. The zero-order valence-electron chi connectivity index (χ0n) is 11.2. The minimum absolute atomic E-state index is 0.483. The first-order valence-corrected chi connectivity index (χ1v) is 7.70. The van der Waals surface area contributed by atoms with E-state index >= 15 is 0 Å². The molecular weight excluding hydrogens is 210 g/mol. The standard InChI is InChI=1S/C15H27NO/c1-11(15-6-3-9-17-15)16-14-5-2-4-13(10-14)12-7-8-12/h11-16H,2-10H2,1H3. The first-order valence-electron chi connectivity index (χ1n) is 7.70. The van der Waals surface area contributed by atoms with Crippen LogP contribution in [-0.4, -0.2) is 24.8 Å². The van der Waals surface area contributed by atoms with Crippen LogP contribution in [0.3, 0.4) is 0 Å². The molecule has 0 aromatic heterocycles. The van der Waals surface area contributed by atoms with Crippen LogP contribution in [0, 0.1) is 11.8 Å². The molecule has 0 radical (unpaired) electrons. The number of hydrogen-bond donors (Lipinski definition) is 1. The van der Waals surface area contributed by atoms with E-state index in [4.69, 9.17) is 4.74 Å². The van der Waals surface area contributed by atoms with E-state index in [0.29, 0.717) is 12.1 Å². The van der Waals surface area contributed by atoms with E-state index in [-0.39, 0.29) is 0 Å². The molecule has 0 amide bonds. The van der Waals surface area contributed by atoms with Crippen molar-refractivity contribution in [1.82, 2.24) is 5.32 Å². The molecule has 0 spiro atoms. The largest absolute Gasteiger partial charge is 0.377 e. The molecule has 17 heavy (non-hydrogen) atoms. The summed E-state index contributed by atoms with van der Waals surface area (Å²) < 4.78 is 5.78. The molecule has 1 saturated heterocycles. The van der Waals surface area contributed by atoms with E-state index in [1.807, 2.05) is 0 Å². The van der Waals surface area contributed by atoms with Crippen molar-refractivity contribution in [3.05, 3.63) is 0 Å². The van der Waals surface area contributed by atoms with Crippen molar-refractivity contribution in [3.63, 3.8) is 0 Å². The van der Waals surface area contributed by atoms with E-state index in [1.54, 1.807) is 0 Å². The topological polar surface area (TPSA) is 21.3 Å². The van der Waals surface area contributed by atoms with Gasteiger partial charge in [0, 0.05) is 18.7 Å². The maximum absolute atomic E-state index is 5.78. The molecule has 2 saturated carbocycles. The molecular formula is C15H27NO. The van der Waals surface area contributed by atoms with Gasteiger partial charge in [-0.25, -0.2) is 0 Å². The van der Waals surface area contributed by atoms with Gasteiger partial charge in [0.1, 0.15) is 0 Å². The summed E-state index contributed by atoms with van der Waals surface area (Å²) >= 11 is 0. The molecule has 4 unspecified atom stereocenters. The van der Waals surface area contributed by atoms with Crippen molar-refractivity contribution in [1.29, 1.82) is 0 Å². The van der Waals surface area contributed by atoms with E-state index in [1.165, 1.54) is 51.4 Å². The van der Waals surface area contributed by atoms with Crippen molar-refractivity contribution in [2.45, 2.75) is 76.5 Å². The summed E-state index contributed by atoms with van der Waals surface area (Å²) in [5, 5.41) is 3.85. The highest BCUT2D eigenvalue weighted by molar-refractivity contribution is 4.89. The highest BCUT2D eigenvalue weighted by Gasteiger charge is 2.35. The molecule has 2 nitrogen and oxygen atoms in total. The lowest BCUT2D eigenvalue weighted by molar-refractivity contribution is 0.0751. The van der Waals surface area contributed by atoms with Gasteiger partial charge in [-0.3, -0.25) is 0 Å². The van der Waals surface area contributed by atoms with Crippen LogP contribution in [0.25, 0.3) is 0 Å². The van der Waals surface area contributed by atoms with Gasteiger partial charge in [-0.05, 0) is 57.3 Å². The van der Waals surface area contributed by atoms with Gasteiger partial charge in [0.2, 0.25) is 0 Å². The highest BCUT2D eigenvalue weighted by atomic mass is 16.5. The van der Waals surface area contributed by atoms with Crippen molar-refractivity contribution >= 4 is 0 Å². The van der Waals surface area contributed by atoms with Crippen LogP contribution in [-0.2, 0) is 4.74 Å². The average molecular weight is 237 g/mol. The lowest BCUT2D eigenvalue weighted by atomic mass is 9.82. The molecule has 3 rings (SSSR count). The molecule has 1 heterocycles. The fourth-order valence-electron chi connectivity index (χ4n) is 3.85. The van der Waals surface area contributed by atoms with Gasteiger partial charge < -0.3 is 10.1 Å². The van der Waals surface area contributed by atoms with Gasteiger partial charge in [-0.15, -0.1) is 0 Å². The molecule has 2 heteroatoms. The van der Waals surface area contributed by atoms with Gasteiger partial charge in [-0.1, -0.05) is 12.8 Å². The summed E-state index contributed by atoms with van der Waals surface area (Å²) in [4.78, 5) is 0. The molecule has 1 aliphatic heterocycles. The van der Waals surface area contributed by atoms with Gasteiger partial charge in [-0.2, -0.15) is 0 Å². The monoisotopic (exact) mass is 237 g/mol. The van der Waals surface area contributed by atoms with Crippen LogP contribution in [0.5, 0.6) is 0 Å². The first kappa shape index (κ1) is 12.0. The lowest BCUT2D eigenvalue weighted by Crippen LogP contribution is -2.45. The Morgan fingerprint density at radius 1 is 1.00 bits per heavy atom. The normalized spacial score (nSPS) is 40.4. The predicted molar refractivity (Wildman–Crippen MR) is 70.0 cm³/mol. The number of ether oxygens (including phenoxy) is 1. The minimum atomic E-state index is 0.483. The minimum Gasteiger partial charge on any atom is -0.377 e. The van der Waals surface area contributed by atoms with Gasteiger partial charge in [0.05, 0.1) is 6.10 Å². The van der Waals surface area contributed by atoms with Crippen LogP contribution in [0.4, 0.5) is 0 Å². The Kier molecular flexibility index (Phi) is 3.72. The summed E-state index contributed by atoms with van der Waals surface area (Å²) in [7, 11) is 0. The van der Waals surface area contributed by atoms with Crippen LogP contribution in [0.1, 0.15) is 58.3 Å². The fourth-order valence-corrected chi connectivity index (χ4v) is 3.85. The van der Waals surface area contributed by atoms with Gasteiger partial charge >= 0.3 is 0 Å². The number of hydrogen-bond acceptors (Lipinski definition) is 2. The van der Waals surface area contributed by atoms with E-state index in [0.717, 1.165) is 24.5 Å². The second-order valence-electron chi connectivity index (χ2n) is 6.47. The zero-order valence-corrected chi connectivity index (χ0v) is 11.2. The van der Waals surface area contributed by atoms with Gasteiger partial charge in [0.15, 0.2) is 0 Å². The molecule has 3 fully saturated rings. The average Bonchev–Trinajstić information content (AvgIpc) is 3.04. The molecule has 0 bridgehead atoms. The quantitative estimate of drug-likeness (QED) is 0.811. The number of nitrogens with one attached hydrogen (secondary N) is 1. The van der Waals surface area contributed by atoms with Crippen LogP contribution < -0.4 is 5.32 Å². The third-order valence-corrected chi connectivity index (χ3v) is 5.02. The van der Waals surface area contributed by atoms with E-state index < -0.39 is 0 Å². The second-order valence-corrected chi connectivity index (χ2v) is 6.47. The Labute approximate surface area is 105 Å². The molecule has 3 aliphatic rings. The number of rotatable bonds is 4.